The first-order valence-corrected chi connectivity index (χ1v) is 3.60. The number of hydrogen-bond donors (Lipinski definition) is 0. The van der Waals surface area contributed by atoms with Gasteiger partial charge in [-0.3, -0.25) is 4.40 Å². The van der Waals surface area contributed by atoms with Crippen molar-refractivity contribution in [1.82, 2.24) is 14.4 Å². The summed E-state index contributed by atoms with van der Waals surface area (Å²) in [7, 11) is 0. The summed E-state index contributed by atoms with van der Waals surface area (Å²) in [5.41, 5.74) is 1.83. The SMILES string of the molecule is Cc1cc(Cl)nc2cncn12. The molecule has 0 atom stereocenters. The van der Waals surface area contributed by atoms with E-state index in [9.17, 15) is 0 Å². The van der Waals surface area contributed by atoms with Gasteiger partial charge in [0.1, 0.15) is 11.5 Å². The average molecular weight is 168 g/mol. The molecule has 0 bridgehead atoms. The van der Waals surface area contributed by atoms with Crippen LogP contribution < -0.4 is 0 Å². The molecule has 0 saturated heterocycles. The Morgan fingerprint density at radius 2 is 2.36 bits per heavy atom. The molecule has 0 fully saturated rings. The van der Waals surface area contributed by atoms with Crippen LogP contribution >= 0.6 is 11.6 Å². The number of aromatic nitrogens is 3. The maximum Gasteiger partial charge on any atom is 0.158 e. The van der Waals surface area contributed by atoms with Gasteiger partial charge in [-0.15, -0.1) is 0 Å². The number of halogens is 1. The van der Waals surface area contributed by atoms with E-state index in [-0.39, 0.29) is 0 Å². The normalized spacial score (nSPS) is 10.7. The molecule has 0 unspecified atom stereocenters. The Morgan fingerprint density at radius 3 is 3.18 bits per heavy atom. The van der Waals surface area contributed by atoms with Crippen LogP contribution in [0.25, 0.3) is 5.65 Å². The van der Waals surface area contributed by atoms with Gasteiger partial charge in [-0.2, -0.15) is 0 Å². The first-order chi connectivity index (χ1) is 5.27. The Balaban J connectivity index is 2.91. The summed E-state index contributed by atoms with van der Waals surface area (Å²) in [5, 5.41) is 0.510. The van der Waals surface area contributed by atoms with Gasteiger partial charge in [-0.25, -0.2) is 9.97 Å². The van der Waals surface area contributed by atoms with Crippen LogP contribution in [0.2, 0.25) is 5.15 Å². The van der Waals surface area contributed by atoms with Crippen molar-refractivity contribution in [2.45, 2.75) is 6.92 Å². The van der Waals surface area contributed by atoms with Gasteiger partial charge in [0.2, 0.25) is 0 Å². The first kappa shape index (κ1) is 6.61. The number of rotatable bonds is 0. The minimum Gasteiger partial charge on any atom is -0.288 e. The van der Waals surface area contributed by atoms with Crippen LogP contribution in [0.5, 0.6) is 0 Å². The Labute approximate surface area is 68.7 Å². The lowest BCUT2D eigenvalue weighted by molar-refractivity contribution is 1.04. The minimum atomic E-state index is 0.510. The molecule has 56 valence electrons. The van der Waals surface area contributed by atoms with Crippen molar-refractivity contribution in [2.75, 3.05) is 0 Å². The Morgan fingerprint density at radius 1 is 1.55 bits per heavy atom. The fraction of sp³-hybridized carbons (Fsp3) is 0.143. The molecule has 0 aliphatic heterocycles. The van der Waals surface area contributed by atoms with E-state index in [1.807, 2.05) is 11.3 Å². The van der Waals surface area contributed by atoms with Crippen LogP contribution in [0.3, 0.4) is 0 Å². The average Bonchev–Trinajstić information content (AvgIpc) is 2.34. The van der Waals surface area contributed by atoms with Crippen LogP contribution in [-0.2, 0) is 0 Å². The second-order valence-corrected chi connectivity index (χ2v) is 2.73. The summed E-state index contributed by atoms with van der Waals surface area (Å²) in [6.45, 7) is 1.96. The molecule has 2 rings (SSSR count). The lowest BCUT2D eigenvalue weighted by Crippen LogP contribution is -1.91. The van der Waals surface area contributed by atoms with Crippen molar-refractivity contribution in [3.8, 4) is 0 Å². The van der Waals surface area contributed by atoms with Crippen molar-refractivity contribution in [2.24, 2.45) is 0 Å². The monoisotopic (exact) mass is 167 g/mol. The fourth-order valence-corrected chi connectivity index (χ4v) is 1.27. The summed E-state index contributed by atoms with van der Waals surface area (Å²) in [6, 6.07) is 1.80. The summed E-state index contributed by atoms with van der Waals surface area (Å²) in [5.74, 6) is 0. The highest BCUT2D eigenvalue weighted by atomic mass is 35.5. The summed E-state index contributed by atoms with van der Waals surface area (Å²) in [6.07, 6.45) is 3.40. The van der Waals surface area contributed by atoms with Gasteiger partial charge in [0.25, 0.3) is 0 Å². The molecule has 0 aliphatic carbocycles. The van der Waals surface area contributed by atoms with Crippen LogP contribution in [0, 0.1) is 6.92 Å². The van der Waals surface area contributed by atoms with Crippen molar-refractivity contribution in [1.29, 1.82) is 0 Å². The largest absolute Gasteiger partial charge is 0.288 e. The third-order valence-electron chi connectivity index (χ3n) is 1.55. The Hall–Kier alpha value is -1.09. The van der Waals surface area contributed by atoms with Crippen LogP contribution in [0.15, 0.2) is 18.6 Å². The third kappa shape index (κ3) is 0.973. The predicted molar refractivity (Wildman–Crippen MR) is 42.7 cm³/mol. The molecule has 2 aromatic heterocycles. The maximum absolute atomic E-state index is 5.73. The van der Waals surface area contributed by atoms with Crippen molar-refractivity contribution < 1.29 is 0 Å². The molecule has 0 spiro atoms. The van der Waals surface area contributed by atoms with Crippen molar-refractivity contribution in [3.63, 3.8) is 0 Å². The number of aryl methyl sites for hydroxylation is 1. The number of nitrogens with zero attached hydrogens (tertiary/aromatic N) is 3. The molecule has 4 heteroatoms. The topological polar surface area (TPSA) is 30.2 Å². The second kappa shape index (κ2) is 2.20. The smallest absolute Gasteiger partial charge is 0.158 e. The molecule has 2 heterocycles. The Bertz CT molecular complexity index is 393. The van der Waals surface area contributed by atoms with Crippen LogP contribution in [0.1, 0.15) is 5.69 Å². The molecule has 0 aromatic carbocycles. The van der Waals surface area contributed by atoms with E-state index in [0.29, 0.717) is 5.15 Å². The van der Waals surface area contributed by atoms with Gasteiger partial charge in [-0.05, 0) is 13.0 Å². The fourth-order valence-electron chi connectivity index (χ4n) is 1.03. The zero-order chi connectivity index (χ0) is 7.84. The highest BCUT2D eigenvalue weighted by Gasteiger charge is 1.98. The van der Waals surface area contributed by atoms with E-state index < -0.39 is 0 Å². The number of fused-ring (bicyclic) bond motifs is 1. The zero-order valence-electron chi connectivity index (χ0n) is 5.95. The van der Waals surface area contributed by atoms with Gasteiger partial charge in [-0.1, -0.05) is 11.6 Å². The summed E-state index contributed by atoms with van der Waals surface area (Å²) >= 11 is 5.73. The van der Waals surface area contributed by atoms with Crippen LogP contribution in [-0.4, -0.2) is 14.4 Å². The number of hydrogen-bond acceptors (Lipinski definition) is 2. The van der Waals surface area contributed by atoms with Crippen LogP contribution in [0.4, 0.5) is 0 Å². The molecular weight excluding hydrogens is 162 g/mol. The van der Waals surface area contributed by atoms with Gasteiger partial charge >= 0.3 is 0 Å². The highest BCUT2D eigenvalue weighted by Crippen LogP contribution is 2.10. The van der Waals surface area contributed by atoms with Gasteiger partial charge in [0.15, 0.2) is 5.65 Å². The lowest BCUT2D eigenvalue weighted by atomic mass is 10.4. The van der Waals surface area contributed by atoms with Crippen molar-refractivity contribution in [3.05, 3.63) is 29.4 Å². The standard InChI is InChI=1S/C7H6ClN3/c1-5-2-6(8)10-7-3-9-4-11(5)7/h2-4H,1H3. The summed E-state index contributed by atoms with van der Waals surface area (Å²) in [4.78, 5) is 8.01. The molecular formula is C7H6ClN3. The third-order valence-corrected chi connectivity index (χ3v) is 1.74. The molecule has 0 amide bonds. The Kier molecular flexibility index (Phi) is 1.32. The van der Waals surface area contributed by atoms with E-state index in [0.717, 1.165) is 11.3 Å². The first-order valence-electron chi connectivity index (χ1n) is 3.22. The van der Waals surface area contributed by atoms with E-state index in [1.54, 1.807) is 18.6 Å². The van der Waals surface area contributed by atoms with E-state index in [4.69, 9.17) is 11.6 Å². The molecule has 3 nitrogen and oxygen atoms in total. The molecule has 0 radical (unpaired) electrons. The predicted octanol–water partition coefficient (Wildman–Crippen LogP) is 1.69. The molecule has 2 aromatic rings. The van der Waals surface area contributed by atoms with Gasteiger partial charge < -0.3 is 0 Å². The van der Waals surface area contributed by atoms with E-state index in [2.05, 4.69) is 9.97 Å². The van der Waals surface area contributed by atoms with Gasteiger partial charge in [0.05, 0.1) is 6.20 Å². The molecule has 0 saturated carbocycles. The van der Waals surface area contributed by atoms with E-state index in [1.165, 1.54) is 0 Å². The number of imidazole rings is 1. The highest BCUT2D eigenvalue weighted by molar-refractivity contribution is 6.29. The van der Waals surface area contributed by atoms with Crippen molar-refractivity contribution >= 4 is 17.2 Å². The lowest BCUT2D eigenvalue weighted by Gasteiger charge is -1.97. The van der Waals surface area contributed by atoms with E-state index >= 15 is 0 Å². The molecule has 0 N–H and O–H groups in total. The quantitative estimate of drug-likeness (QED) is 0.559. The summed E-state index contributed by atoms with van der Waals surface area (Å²) < 4.78 is 1.88. The minimum absolute atomic E-state index is 0.510. The molecule has 0 aliphatic rings. The molecule has 11 heavy (non-hydrogen) atoms. The van der Waals surface area contributed by atoms with Gasteiger partial charge in [0, 0.05) is 5.69 Å². The maximum atomic E-state index is 5.73. The zero-order valence-corrected chi connectivity index (χ0v) is 6.71. The second-order valence-electron chi connectivity index (χ2n) is 2.34.